The maximum absolute atomic E-state index is 14.1. The fourth-order valence-electron chi connectivity index (χ4n) is 2.90. The Balaban J connectivity index is 2.45. The quantitative estimate of drug-likeness (QED) is 0.900. The number of hydrogen-bond donors (Lipinski definition) is 1. The standard InChI is InChI=1S/C14H19F2NO/c1-18-13-8-11(15)10(7-12(13)16)14(9-17)5-3-2-4-6-14/h7-8H,2-6,9,17H2,1H3. The number of methoxy groups -OCH3 is 1. The molecule has 0 bridgehead atoms. The molecule has 1 aliphatic carbocycles. The van der Waals surface area contributed by atoms with E-state index in [1.54, 1.807) is 0 Å². The molecule has 18 heavy (non-hydrogen) atoms. The van der Waals surface area contributed by atoms with E-state index in [1.165, 1.54) is 13.2 Å². The van der Waals surface area contributed by atoms with Crippen molar-refractivity contribution in [1.82, 2.24) is 0 Å². The molecule has 1 aromatic carbocycles. The third-order valence-corrected chi connectivity index (χ3v) is 4.01. The van der Waals surface area contributed by atoms with Crippen LogP contribution < -0.4 is 10.5 Å². The van der Waals surface area contributed by atoms with Crippen molar-refractivity contribution >= 4 is 0 Å². The Morgan fingerprint density at radius 3 is 2.39 bits per heavy atom. The summed E-state index contributed by atoms with van der Waals surface area (Å²) in [6.45, 7) is 0.357. The van der Waals surface area contributed by atoms with Gasteiger partial charge in [-0.1, -0.05) is 19.3 Å². The first-order chi connectivity index (χ1) is 8.63. The Labute approximate surface area is 106 Å². The van der Waals surface area contributed by atoms with E-state index >= 15 is 0 Å². The number of nitrogens with two attached hydrogens (primary N) is 1. The van der Waals surface area contributed by atoms with E-state index in [-0.39, 0.29) is 5.75 Å². The van der Waals surface area contributed by atoms with Crippen molar-refractivity contribution in [3.8, 4) is 5.75 Å². The van der Waals surface area contributed by atoms with E-state index in [1.807, 2.05) is 0 Å². The van der Waals surface area contributed by atoms with Crippen LogP contribution in [-0.4, -0.2) is 13.7 Å². The molecule has 0 aromatic heterocycles. The molecule has 0 heterocycles. The Kier molecular flexibility index (Phi) is 3.85. The first kappa shape index (κ1) is 13.3. The molecule has 0 radical (unpaired) electrons. The molecule has 1 aromatic rings. The molecule has 1 fully saturated rings. The molecule has 4 heteroatoms. The van der Waals surface area contributed by atoms with Crippen molar-refractivity contribution in [2.45, 2.75) is 37.5 Å². The first-order valence-electron chi connectivity index (χ1n) is 6.36. The van der Waals surface area contributed by atoms with Crippen molar-refractivity contribution in [3.63, 3.8) is 0 Å². The molecule has 1 aliphatic rings. The second-order valence-electron chi connectivity index (χ2n) is 5.01. The molecule has 2 rings (SSSR count). The van der Waals surface area contributed by atoms with Crippen LogP contribution in [0.1, 0.15) is 37.7 Å². The number of halogens is 2. The fourth-order valence-corrected chi connectivity index (χ4v) is 2.90. The van der Waals surface area contributed by atoms with Gasteiger partial charge in [0, 0.05) is 18.0 Å². The second kappa shape index (κ2) is 5.22. The van der Waals surface area contributed by atoms with Gasteiger partial charge in [-0.15, -0.1) is 0 Å². The SMILES string of the molecule is COc1cc(F)c(C2(CN)CCCCC2)cc1F. The van der Waals surface area contributed by atoms with Crippen LogP contribution in [0.3, 0.4) is 0 Å². The lowest BCUT2D eigenvalue weighted by Crippen LogP contribution is -2.38. The van der Waals surface area contributed by atoms with Gasteiger partial charge in [-0.05, 0) is 24.5 Å². The summed E-state index contributed by atoms with van der Waals surface area (Å²) >= 11 is 0. The number of rotatable bonds is 3. The first-order valence-corrected chi connectivity index (χ1v) is 6.36. The zero-order valence-electron chi connectivity index (χ0n) is 10.6. The molecule has 0 atom stereocenters. The summed E-state index contributed by atoms with van der Waals surface area (Å²) in [5.74, 6) is -0.993. The normalized spacial score (nSPS) is 18.7. The van der Waals surface area contributed by atoms with E-state index in [0.29, 0.717) is 12.1 Å². The third kappa shape index (κ3) is 2.21. The van der Waals surface area contributed by atoms with Gasteiger partial charge in [0.15, 0.2) is 11.6 Å². The maximum Gasteiger partial charge on any atom is 0.165 e. The maximum atomic E-state index is 14.1. The Hall–Kier alpha value is -1.16. The van der Waals surface area contributed by atoms with Crippen molar-refractivity contribution < 1.29 is 13.5 Å². The van der Waals surface area contributed by atoms with Crippen LogP contribution >= 0.6 is 0 Å². The van der Waals surface area contributed by atoms with Gasteiger partial charge in [0.1, 0.15) is 5.82 Å². The van der Waals surface area contributed by atoms with Crippen LogP contribution in [0.25, 0.3) is 0 Å². The summed E-state index contributed by atoms with van der Waals surface area (Å²) in [7, 11) is 1.33. The van der Waals surface area contributed by atoms with Gasteiger partial charge >= 0.3 is 0 Å². The predicted molar refractivity (Wildman–Crippen MR) is 66.7 cm³/mol. The van der Waals surface area contributed by atoms with Crippen LogP contribution in [0.5, 0.6) is 5.75 Å². The minimum absolute atomic E-state index is 0.0563. The fraction of sp³-hybridized carbons (Fsp3) is 0.571. The van der Waals surface area contributed by atoms with Crippen molar-refractivity contribution in [2.75, 3.05) is 13.7 Å². The van der Waals surface area contributed by atoms with Crippen LogP contribution in [0, 0.1) is 11.6 Å². The average Bonchev–Trinajstić information content (AvgIpc) is 2.41. The van der Waals surface area contributed by atoms with Gasteiger partial charge in [0.25, 0.3) is 0 Å². The highest BCUT2D eigenvalue weighted by atomic mass is 19.1. The highest BCUT2D eigenvalue weighted by molar-refractivity contribution is 5.36. The lowest BCUT2D eigenvalue weighted by atomic mass is 9.69. The van der Waals surface area contributed by atoms with Gasteiger partial charge in [0.05, 0.1) is 7.11 Å². The molecule has 0 amide bonds. The monoisotopic (exact) mass is 255 g/mol. The molecular weight excluding hydrogens is 236 g/mol. The number of benzene rings is 1. The molecule has 2 N–H and O–H groups in total. The molecule has 0 spiro atoms. The Morgan fingerprint density at radius 2 is 1.83 bits per heavy atom. The summed E-state index contributed by atoms with van der Waals surface area (Å²) < 4.78 is 32.7. The van der Waals surface area contributed by atoms with Gasteiger partial charge in [-0.3, -0.25) is 0 Å². The molecule has 0 saturated heterocycles. The third-order valence-electron chi connectivity index (χ3n) is 4.01. The van der Waals surface area contributed by atoms with Crippen molar-refractivity contribution in [2.24, 2.45) is 5.73 Å². The summed E-state index contributed by atoms with van der Waals surface area (Å²) in [5, 5.41) is 0. The summed E-state index contributed by atoms with van der Waals surface area (Å²) in [6.07, 6.45) is 4.83. The predicted octanol–water partition coefficient (Wildman–Crippen LogP) is 3.13. The summed E-state index contributed by atoms with van der Waals surface area (Å²) in [6, 6.07) is 2.38. The van der Waals surface area contributed by atoms with E-state index in [4.69, 9.17) is 10.5 Å². The van der Waals surface area contributed by atoms with E-state index in [9.17, 15) is 8.78 Å². The van der Waals surface area contributed by atoms with Crippen LogP contribution in [0.2, 0.25) is 0 Å². The van der Waals surface area contributed by atoms with E-state index < -0.39 is 17.0 Å². The number of ether oxygens (including phenoxy) is 1. The minimum Gasteiger partial charge on any atom is -0.494 e. The highest BCUT2D eigenvalue weighted by Crippen LogP contribution is 2.41. The van der Waals surface area contributed by atoms with Gasteiger partial charge in [-0.25, -0.2) is 8.78 Å². The highest BCUT2D eigenvalue weighted by Gasteiger charge is 2.35. The van der Waals surface area contributed by atoms with Crippen molar-refractivity contribution in [1.29, 1.82) is 0 Å². The van der Waals surface area contributed by atoms with Crippen LogP contribution in [-0.2, 0) is 5.41 Å². The average molecular weight is 255 g/mol. The van der Waals surface area contributed by atoms with Gasteiger partial charge < -0.3 is 10.5 Å². The summed E-state index contributed by atoms with van der Waals surface area (Å²) in [4.78, 5) is 0. The summed E-state index contributed by atoms with van der Waals surface area (Å²) in [5.41, 5.74) is 5.84. The largest absolute Gasteiger partial charge is 0.494 e. The number of hydrogen-bond acceptors (Lipinski definition) is 2. The molecular formula is C14H19F2NO. The van der Waals surface area contributed by atoms with E-state index in [2.05, 4.69) is 0 Å². The van der Waals surface area contributed by atoms with Crippen LogP contribution in [0.4, 0.5) is 8.78 Å². The molecule has 2 nitrogen and oxygen atoms in total. The zero-order valence-corrected chi connectivity index (χ0v) is 10.6. The molecule has 0 aliphatic heterocycles. The van der Waals surface area contributed by atoms with E-state index in [0.717, 1.165) is 38.2 Å². The molecule has 100 valence electrons. The zero-order chi connectivity index (χ0) is 13.2. The lowest BCUT2D eigenvalue weighted by molar-refractivity contribution is 0.288. The smallest absolute Gasteiger partial charge is 0.165 e. The van der Waals surface area contributed by atoms with Crippen LogP contribution in [0.15, 0.2) is 12.1 Å². The topological polar surface area (TPSA) is 35.2 Å². The molecule has 1 saturated carbocycles. The molecule has 0 unspecified atom stereocenters. The second-order valence-corrected chi connectivity index (χ2v) is 5.01. The van der Waals surface area contributed by atoms with Crippen molar-refractivity contribution in [3.05, 3.63) is 29.3 Å². The minimum atomic E-state index is -0.521. The lowest BCUT2D eigenvalue weighted by Gasteiger charge is -2.37. The Morgan fingerprint density at radius 1 is 1.17 bits per heavy atom. The van der Waals surface area contributed by atoms with Gasteiger partial charge in [-0.2, -0.15) is 0 Å². The van der Waals surface area contributed by atoms with Gasteiger partial charge in [0.2, 0.25) is 0 Å². The Bertz CT molecular complexity index is 428.